The zero-order valence-electron chi connectivity index (χ0n) is 11.8. The number of rotatable bonds is 6. The number of amides is 4. The van der Waals surface area contributed by atoms with E-state index in [9.17, 15) is 14.4 Å². The third-order valence-corrected chi connectivity index (χ3v) is 3.05. The second-order valence-corrected chi connectivity index (χ2v) is 4.68. The molecular weight excluding hydrogens is 272 g/mol. The lowest BCUT2D eigenvalue weighted by Gasteiger charge is -2.19. The first-order valence-electron chi connectivity index (χ1n) is 6.59. The van der Waals surface area contributed by atoms with Crippen molar-refractivity contribution in [2.75, 3.05) is 6.54 Å². The highest BCUT2D eigenvalue weighted by molar-refractivity contribution is 5.93. The maximum Gasteiger partial charge on any atom is 0.318 e. The summed E-state index contributed by atoms with van der Waals surface area (Å²) >= 11 is 0. The molecular formula is C14H20N4O3. The zero-order chi connectivity index (χ0) is 15.8. The maximum atomic E-state index is 11.9. The summed E-state index contributed by atoms with van der Waals surface area (Å²) in [6.45, 7) is 1.83. The lowest BCUT2D eigenvalue weighted by atomic mass is 9.95. The Kier molecular flexibility index (Phi) is 6.35. The fourth-order valence-electron chi connectivity index (χ4n) is 1.79. The van der Waals surface area contributed by atoms with Crippen LogP contribution in [-0.2, 0) is 9.59 Å². The van der Waals surface area contributed by atoms with Crippen molar-refractivity contribution in [3.63, 3.8) is 0 Å². The van der Waals surface area contributed by atoms with Crippen LogP contribution in [0.2, 0.25) is 0 Å². The van der Waals surface area contributed by atoms with Crippen molar-refractivity contribution in [2.24, 2.45) is 17.4 Å². The van der Waals surface area contributed by atoms with Gasteiger partial charge in [0.1, 0.15) is 0 Å². The number of primary amides is 1. The van der Waals surface area contributed by atoms with Gasteiger partial charge in [0.15, 0.2) is 0 Å². The van der Waals surface area contributed by atoms with Gasteiger partial charge in [0.05, 0.1) is 5.92 Å². The van der Waals surface area contributed by atoms with E-state index >= 15 is 0 Å². The second-order valence-electron chi connectivity index (χ2n) is 4.68. The summed E-state index contributed by atoms with van der Waals surface area (Å²) in [6, 6.07) is 7.96. The summed E-state index contributed by atoms with van der Waals surface area (Å²) in [5.74, 6) is -1.23. The third-order valence-electron chi connectivity index (χ3n) is 3.05. The van der Waals surface area contributed by atoms with Crippen LogP contribution in [0.5, 0.6) is 0 Å². The Hall–Kier alpha value is -2.41. The van der Waals surface area contributed by atoms with Crippen molar-refractivity contribution in [2.45, 2.75) is 19.4 Å². The first kappa shape index (κ1) is 16.6. The molecule has 0 saturated carbocycles. The van der Waals surface area contributed by atoms with E-state index < -0.39 is 23.9 Å². The summed E-state index contributed by atoms with van der Waals surface area (Å²) in [4.78, 5) is 33.6. The molecule has 7 heteroatoms. The van der Waals surface area contributed by atoms with Gasteiger partial charge in [-0.1, -0.05) is 37.3 Å². The molecule has 0 spiro atoms. The molecule has 0 aliphatic rings. The van der Waals surface area contributed by atoms with Crippen LogP contribution >= 0.6 is 0 Å². The molecule has 0 fully saturated rings. The predicted molar refractivity (Wildman–Crippen MR) is 77.9 cm³/mol. The molecule has 1 rings (SSSR count). The average Bonchev–Trinajstić information content (AvgIpc) is 2.45. The SMILES string of the molecule is CC(C(=O)NCCC(=O)NC(N)=O)C(N)c1ccccc1. The molecule has 0 heterocycles. The van der Waals surface area contributed by atoms with E-state index in [0.717, 1.165) is 5.56 Å². The fraction of sp³-hybridized carbons (Fsp3) is 0.357. The zero-order valence-corrected chi connectivity index (χ0v) is 11.8. The predicted octanol–water partition coefficient (Wildman–Crippen LogP) is 0.0237. The Morgan fingerprint density at radius 3 is 2.38 bits per heavy atom. The number of hydrogen-bond acceptors (Lipinski definition) is 4. The van der Waals surface area contributed by atoms with Gasteiger partial charge in [0.2, 0.25) is 11.8 Å². The number of urea groups is 1. The molecule has 0 bridgehead atoms. The van der Waals surface area contributed by atoms with Gasteiger partial charge in [-0.15, -0.1) is 0 Å². The van der Waals surface area contributed by atoms with Crippen LogP contribution in [0.25, 0.3) is 0 Å². The lowest BCUT2D eigenvalue weighted by Crippen LogP contribution is -2.39. The van der Waals surface area contributed by atoms with Crippen molar-refractivity contribution in [3.8, 4) is 0 Å². The largest absolute Gasteiger partial charge is 0.355 e. The van der Waals surface area contributed by atoms with E-state index in [4.69, 9.17) is 11.5 Å². The Bertz CT molecular complexity index is 504. The van der Waals surface area contributed by atoms with Crippen molar-refractivity contribution >= 4 is 17.8 Å². The molecule has 0 aliphatic carbocycles. The van der Waals surface area contributed by atoms with Crippen molar-refractivity contribution in [1.29, 1.82) is 0 Å². The highest BCUT2D eigenvalue weighted by Crippen LogP contribution is 2.18. The van der Waals surface area contributed by atoms with Gasteiger partial charge in [0, 0.05) is 19.0 Å². The molecule has 1 aromatic carbocycles. The molecule has 114 valence electrons. The van der Waals surface area contributed by atoms with Gasteiger partial charge in [-0.2, -0.15) is 0 Å². The molecule has 6 N–H and O–H groups in total. The van der Waals surface area contributed by atoms with Gasteiger partial charge in [-0.05, 0) is 5.56 Å². The monoisotopic (exact) mass is 292 g/mol. The van der Waals surface area contributed by atoms with Crippen LogP contribution in [-0.4, -0.2) is 24.4 Å². The molecule has 0 aliphatic heterocycles. The highest BCUT2D eigenvalue weighted by atomic mass is 16.2. The minimum Gasteiger partial charge on any atom is -0.355 e. The highest BCUT2D eigenvalue weighted by Gasteiger charge is 2.21. The average molecular weight is 292 g/mol. The van der Waals surface area contributed by atoms with E-state index in [2.05, 4.69) is 5.32 Å². The minimum atomic E-state index is -0.911. The molecule has 4 amide bonds. The molecule has 1 aromatic rings. The molecule has 2 unspecified atom stereocenters. The van der Waals surface area contributed by atoms with Crippen LogP contribution in [0.3, 0.4) is 0 Å². The smallest absolute Gasteiger partial charge is 0.318 e. The summed E-state index contributed by atoms with van der Waals surface area (Å²) in [7, 11) is 0. The first-order chi connectivity index (χ1) is 9.91. The van der Waals surface area contributed by atoms with Crippen molar-refractivity contribution in [1.82, 2.24) is 10.6 Å². The summed E-state index contributed by atoms with van der Waals surface area (Å²) in [5.41, 5.74) is 11.7. The molecule has 2 atom stereocenters. The topological polar surface area (TPSA) is 127 Å². The number of nitrogens with two attached hydrogens (primary N) is 2. The molecule has 0 saturated heterocycles. The quantitative estimate of drug-likeness (QED) is 0.589. The maximum absolute atomic E-state index is 11.9. The van der Waals surface area contributed by atoms with Crippen LogP contribution in [0.15, 0.2) is 30.3 Å². The van der Waals surface area contributed by atoms with Crippen LogP contribution in [0, 0.1) is 5.92 Å². The first-order valence-corrected chi connectivity index (χ1v) is 6.59. The third kappa shape index (κ3) is 5.62. The number of nitrogens with one attached hydrogen (secondary N) is 2. The lowest BCUT2D eigenvalue weighted by molar-refractivity contribution is -0.125. The van der Waals surface area contributed by atoms with E-state index in [-0.39, 0.29) is 18.9 Å². The number of hydrogen-bond donors (Lipinski definition) is 4. The van der Waals surface area contributed by atoms with E-state index in [1.54, 1.807) is 6.92 Å². The summed E-state index contributed by atoms with van der Waals surface area (Å²) in [5, 5.41) is 4.52. The second kappa shape index (κ2) is 8.01. The molecule has 0 aromatic heterocycles. The number of imide groups is 1. The van der Waals surface area contributed by atoms with E-state index in [0.29, 0.717) is 0 Å². The van der Waals surface area contributed by atoms with Gasteiger partial charge < -0.3 is 16.8 Å². The summed E-state index contributed by atoms with van der Waals surface area (Å²) < 4.78 is 0. The van der Waals surface area contributed by atoms with Crippen LogP contribution in [0.4, 0.5) is 4.79 Å². The summed E-state index contributed by atoms with van der Waals surface area (Å²) in [6.07, 6.45) is -0.0258. The Labute approximate surface area is 123 Å². The van der Waals surface area contributed by atoms with Gasteiger partial charge in [0.25, 0.3) is 0 Å². The van der Waals surface area contributed by atoms with Crippen LogP contribution in [0.1, 0.15) is 24.9 Å². The molecule has 7 nitrogen and oxygen atoms in total. The van der Waals surface area contributed by atoms with Crippen molar-refractivity contribution < 1.29 is 14.4 Å². The van der Waals surface area contributed by atoms with E-state index in [1.165, 1.54) is 0 Å². The Morgan fingerprint density at radius 1 is 1.19 bits per heavy atom. The Balaban J connectivity index is 2.41. The van der Waals surface area contributed by atoms with Gasteiger partial charge >= 0.3 is 6.03 Å². The van der Waals surface area contributed by atoms with Crippen molar-refractivity contribution in [3.05, 3.63) is 35.9 Å². The Morgan fingerprint density at radius 2 is 1.81 bits per heavy atom. The minimum absolute atomic E-state index is 0.0258. The molecule has 0 radical (unpaired) electrons. The van der Waals surface area contributed by atoms with Crippen LogP contribution < -0.4 is 22.1 Å². The standard InChI is InChI=1S/C14H20N4O3/c1-9(12(15)10-5-3-2-4-6-10)13(20)17-8-7-11(19)18-14(16)21/h2-6,9,12H,7-8,15H2,1H3,(H,17,20)(H3,16,18,19,21). The fourth-order valence-corrected chi connectivity index (χ4v) is 1.79. The number of carbonyl (C=O) groups is 3. The van der Waals surface area contributed by atoms with Gasteiger partial charge in [-0.3, -0.25) is 14.9 Å². The molecule has 21 heavy (non-hydrogen) atoms. The number of benzene rings is 1. The number of carbonyl (C=O) groups excluding carboxylic acids is 3. The normalized spacial score (nSPS) is 13.0. The van der Waals surface area contributed by atoms with E-state index in [1.807, 2.05) is 35.6 Å². The van der Waals surface area contributed by atoms with Gasteiger partial charge in [-0.25, -0.2) is 4.79 Å².